The number of aromatic carboxylic acids is 1. The maximum atomic E-state index is 10.3. The van der Waals surface area contributed by atoms with E-state index in [2.05, 4.69) is 0 Å². The second kappa shape index (κ2) is 6.94. The lowest BCUT2D eigenvalue weighted by Gasteiger charge is -1.92. The SMILES string of the molecule is Clc1ccccc1.O=C(O)c1cccc(Cl)c1. The van der Waals surface area contributed by atoms with Crippen molar-refractivity contribution in [2.75, 3.05) is 0 Å². The van der Waals surface area contributed by atoms with Crippen LogP contribution in [0.4, 0.5) is 0 Å². The van der Waals surface area contributed by atoms with Gasteiger partial charge in [0.15, 0.2) is 0 Å². The van der Waals surface area contributed by atoms with Gasteiger partial charge in [-0.1, -0.05) is 47.5 Å². The van der Waals surface area contributed by atoms with Crippen LogP contribution >= 0.6 is 23.2 Å². The molecule has 4 heteroatoms. The van der Waals surface area contributed by atoms with Crippen LogP contribution in [0.3, 0.4) is 0 Å². The number of halogens is 2. The molecule has 0 radical (unpaired) electrons. The van der Waals surface area contributed by atoms with E-state index in [9.17, 15) is 4.79 Å². The first-order valence-corrected chi connectivity index (χ1v) is 5.54. The molecule has 0 saturated carbocycles. The van der Waals surface area contributed by atoms with Crippen molar-refractivity contribution in [3.63, 3.8) is 0 Å². The summed E-state index contributed by atoms with van der Waals surface area (Å²) in [6.45, 7) is 0. The zero-order valence-electron chi connectivity index (χ0n) is 8.81. The molecule has 0 aliphatic carbocycles. The highest BCUT2D eigenvalue weighted by atomic mass is 35.5. The molecule has 0 aliphatic heterocycles. The van der Waals surface area contributed by atoms with Crippen LogP contribution in [0.1, 0.15) is 10.4 Å². The van der Waals surface area contributed by atoms with Crippen molar-refractivity contribution in [1.82, 2.24) is 0 Å². The van der Waals surface area contributed by atoms with Crippen LogP contribution in [0.25, 0.3) is 0 Å². The van der Waals surface area contributed by atoms with Gasteiger partial charge < -0.3 is 5.11 Å². The lowest BCUT2D eigenvalue weighted by molar-refractivity contribution is 0.0697. The van der Waals surface area contributed by atoms with Crippen LogP contribution in [0.5, 0.6) is 0 Å². The molecule has 17 heavy (non-hydrogen) atoms. The van der Waals surface area contributed by atoms with Gasteiger partial charge in [-0.25, -0.2) is 4.79 Å². The standard InChI is InChI=1S/C7H5ClO2.C6H5Cl/c8-6-3-1-2-5(4-6)7(9)10;7-6-4-2-1-3-5-6/h1-4H,(H,9,10);1-5H. The van der Waals surface area contributed by atoms with Crippen molar-refractivity contribution in [3.8, 4) is 0 Å². The number of hydrogen-bond donors (Lipinski definition) is 1. The monoisotopic (exact) mass is 268 g/mol. The maximum absolute atomic E-state index is 10.3. The summed E-state index contributed by atoms with van der Waals surface area (Å²) in [5, 5.41) is 9.69. The van der Waals surface area contributed by atoms with Crippen molar-refractivity contribution in [1.29, 1.82) is 0 Å². The first-order chi connectivity index (χ1) is 8.09. The van der Waals surface area contributed by atoms with E-state index in [-0.39, 0.29) is 5.56 Å². The van der Waals surface area contributed by atoms with Gasteiger partial charge in [0.05, 0.1) is 5.56 Å². The zero-order valence-corrected chi connectivity index (χ0v) is 10.3. The van der Waals surface area contributed by atoms with E-state index in [0.717, 1.165) is 5.02 Å². The summed E-state index contributed by atoms with van der Waals surface area (Å²) >= 11 is 11.1. The molecule has 0 aromatic heterocycles. The lowest BCUT2D eigenvalue weighted by atomic mass is 10.2. The van der Waals surface area contributed by atoms with Gasteiger partial charge in [0, 0.05) is 10.0 Å². The second-order valence-corrected chi connectivity index (χ2v) is 3.98. The first kappa shape index (κ1) is 13.6. The molecule has 2 aromatic rings. The highest BCUT2D eigenvalue weighted by Crippen LogP contribution is 2.09. The van der Waals surface area contributed by atoms with Crippen molar-refractivity contribution in [2.45, 2.75) is 0 Å². The Morgan fingerprint density at radius 3 is 1.82 bits per heavy atom. The van der Waals surface area contributed by atoms with Crippen molar-refractivity contribution in [3.05, 3.63) is 70.2 Å². The van der Waals surface area contributed by atoms with Gasteiger partial charge in [-0.2, -0.15) is 0 Å². The molecule has 0 aliphatic rings. The van der Waals surface area contributed by atoms with Crippen LogP contribution in [-0.4, -0.2) is 11.1 Å². The average Bonchev–Trinajstić information content (AvgIpc) is 2.31. The molecule has 0 saturated heterocycles. The average molecular weight is 269 g/mol. The minimum Gasteiger partial charge on any atom is -0.478 e. The Morgan fingerprint density at radius 1 is 0.882 bits per heavy atom. The van der Waals surface area contributed by atoms with Gasteiger partial charge in [0.1, 0.15) is 0 Å². The van der Waals surface area contributed by atoms with Crippen molar-refractivity contribution >= 4 is 29.2 Å². The highest BCUT2D eigenvalue weighted by Gasteiger charge is 2.00. The maximum Gasteiger partial charge on any atom is 0.335 e. The van der Waals surface area contributed by atoms with Crippen LogP contribution in [0.15, 0.2) is 54.6 Å². The Labute approximate surface area is 109 Å². The van der Waals surface area contributed by atoms with Gasteiger partial charge in [-0.3, -0.25) is 0 Å². The third-order valence-corrected chi connectivity index (χ3v) is 2.29. The topological polar surface area (TPSA) is 37.3 Å². The normalized spacial score (nSPS) is 9.06. The summed E-state index contributed by atoms with van der Waals surface area (Å²) in [5.41, 5.74) is 0.215. The molecule has 0 unspecified atom stereocenters. The molecule has 88 valence electrons. The van der Waals surface area contributed by atoms with Gasteiger partial charge in [0.25, 0.3) is 0 Å². The molecule has 0 atom stereocenters. The Balaban J connectivity index is 0.000000181. The number of benzene rings is 2. The van der Waals surface area contributed by atoms with Crippen LogP contribution < -0.4 is 0 Å². The van der Waals surface area contributed by atoms with E-state index in [1.54, 1.807) is 12.1 Å². The predicted octanol–water partition coefficient (Wildman–Crippen LogP) is 4.38. The molecule has 0 amide bonds. The van der Waals surface area contributed by atoms with E-state index >= 15 is 0 Å². The molecule has 2 rings (SSSR count). The summed E-state index contributed by atoms with van der Waals surface area (Å²) in [6, 6.07) is 15.6. The van der Waals surface area contributed by atoms with Gasteiger partial charge >= 0.3 is 5.97 Å². The molecular weight excluding hydrogens is 259 g/mol. The fourth-order valence-electron chi connectivity index (χ4n) is 1.04. The molecule has 0 heterocycles. The second-order valence-electron chi connectivity index (χ2n) is 3.11. The van der Waals surface area contributed by atoms with Crippen LogP contribution in [0, 0.1) is 0 Å². The zero-order chi connectivity index (χ0) is 12.7. The Bertz CT molecular complexity index is 484. The van der Waals surface area contributed by atoms with Gasteiger partial charge in [0.2, 0.25) is 0 Å². The molecule has 0 fully saturated rings. The summed E-state index contributed by atoms with van der Waals surface area (Å²) in [5.74, 6) is -0.956. The Hall–Kier alpha value is -1.51. The largest absolute Gasteiger partial charge is 0.478 e. The third kappa shape index (κ3) is 5.38. The molecule has 2 nitrogen and oxygen atoms in total. The summed E-state index contributed by atoms with van der Waals surface area (Å²) in [6.07, 6.45) is 0. The van der Waals surface area contributed by atoms with E-state index in [1.807, 2.05) is 30.3 Å². The fraction of sp³-hybridized carbons (Fsp3) is 0. The molecule has 2 aromatic carbocycles. The van der Waals surface area contributed by atoms with Crippen LogP contribution in [0.2, 0.25) is 10.0 Å². The van der Waals surface area contributed by atoms with E-state index in [4.69, 9.17) is 28.3 Å². The van der Waals surface area contributed by atoms with E-state index in [1.165, 1.54) is 12.1 Å². The van der Waals surface area contributed by atoms with Crippen molar-refractivity contribution in [2.24, 2.45) is 0 Å². The first-order valence-electron chi connectivity index (χ1n) is 4.79. The summed E-state index contributed by atoms with van der Waals surface area (Å²) in [7, 11) is 0. The van der Waals surface area contributed by atoms with Gasteiger partial charge in [-0.05, 0) is 30.3 Å². The number of carboxylic acid groups (broad SMARTS) is 1. The molecule has 0 spiro atoms. The van der Waals surface area contributed by atoms with E-state index < -0.39 is 5.97 Å². The number of hydrogen-bond acceptors (Lipinski definition) is 1. The molecule has 0 bridgehead atoms. The quantitative estimate of drug-likeness (QED) is 0.834. The summed E-state index contributed by atoms with van der Waals surface area (Å²) in [4.78, 5) is 10.3. The molecular formula is C13H10Cl2O2. The smallest absolute Gasteiger partial charge is 0.335 e. The minimum absolute atomic E-state index is 0.215. The Kier molecular flexibility index (Phi) is 5.53. The number of carboxylic acids is 1. The molecule has 1 N–H and O–H groups in total. The number of rotatable bonds is 1. The Morgan fingerprint density at radius 2 is 1.47 bits per heavy atom. The third-order valence-electron chi connectivity index (χ3n) is 1.80. The highest BCUT2D eigenvalue weighted by molar-refractivity contribution is 6.31. The lowest BCUT2D eigenvalue weighted by Crippen LogP contribution is -1.94. The number of carbonyl (C=O) groups is 1. The van der Waals surface area contributed by atoms with Crippen molar-refractivity contribution < 1.29 is 9.90 Å². The van der Waals surface area contributed by atoms with Crippen LogP contribution in [-0.2, 0) is 0 Å². The summed E-state index contributed by atoms with van der Waals surface area (Å²) < 4.78 is 0. The van der Waals surface area contributed by atoms with E-state index in [0.29, 0.717) is 5.02 Å². The van der Waals surface area contributed by atoms with Gasteiger partial charge in [-0.15, -0.1) is 0 Å². The predicted molar refractivity (Wildman–Crippen MR) is 69.9 cm³/mol. The minimum atomic E-state index is -0.956. The fourth-order valence-corrected chi connectivity index (χ4v) is 1.37.